The number of phenolic OH excluding ortho intramolecular Hbond substituents is 1. The Kier molecular flexibility index (Phi) is 3.67. The van der Waals surface area contributed by atoms with Crippen molar-refractivity contribution in [2.24, 2.45) is 5.73 Å². The molecule has 0 spiro atoms. The van der Waals surface area contributed by atoms with Gasteiger partial charge < -0.3 is 15.9 Å². The van der Waals surface area contributed by atoms with Crippen molar-refractivity contribution < 1.29 is 23.4 Å². The number of hydrogen-bond acceptors (Lipinski definition) is 3. The highest BCUT2D eigenvalue weighted by molar-refractivity contribution is 6.32. The van der Waals surface area contributed by atoms with Gasteiger partial charge in [-0.25, -0.2) is 0 Å². The SMILES string of the molecule is NCC(O)c1cc(Cl)c(O)c(C(F)(F)F)c1. The van der Waals surface area contributed by atoms with E-state index in [4.69, 9.17) is 22.4 Å². The van der Waals surface area contributed by atoms with Crippen molar-refractivity contribution in [3.63, 3.8) is 0 Å². The molecule has 1 aromatic rings. The fourth-order valence-corrected chi connectivity index (χ4v) is 1.39. The van der Waals surface area contributed by atoms with E-state index in [1.165, 1.54) is 0 Å². The maximum atomic E-state index is 12.4. The first-order valence-electron chi connectivity index (χ1n) is 4.25. The van der Waals surface area contributed by atoms with E-state index in [9.17, 15) is 18.3 Å². The van der Waals surface area contributed by atoms with Crippen LogP contribution >= 0.6 is 11.6 Å². The van der Waals surface area contributed by atoms with Gasteiger partial charge in [0.1, 0.15) is 5.75 Å². The molecule has 0 fully saturated rings. The Bertz CT molecular complexity index is 395. The summed E-state index contributed by atoms with van der Waals surface area (Å²) in [4.78, 5) is 0. The van der Waals surface area contributed by atoms with Crippen LogP contribution in [0, 0.1) is 0 Å². The number of nitrogens with two attached hydrogens (primary N) is 1. The van der Waals surface area contributed by atoms with Gasteiger partial charge in [-0.1, -0.05) is 11.6 Å². The molecule has 1 atom stereocenters. The molecule has 3 nitrogen and oxygen atoms in total. The molecule has 0 saturated carbocycles. The summed E-state index contributed by atoms with van der Waals surface area (Å²) < 4.78 is 37.3. The average Bonchev–Trinajstić information content (AvgIpc) is 2.18. The molecule has 0 amide bonds. The number of aromatic hydroxyl groups is 1. The third-order valence-corrected chi connectivity index (χ3v) is 2.29. The van der Waals surface area contributed by atoms with Gasteiger partial charge in [0.2, 0.25) is 0 Å². The van der Waals surface area contributed by atoms with E-state index in [-0.39, 0.29) is 12.1 Å². The van der Waals surface area contributed by atoms with E-state index in [2.05, 4.69) is 0 Å². The van der Waals surface area contributed by atoms with Crippen molar-refractivity contribution in [2.75, 3.05) is 6.54 Å². The summed E-state index contributed by atoms with van der Waals surface area (Å²) in [5.74, 6) is -1.05. The minimum atomic E-state index is -4.74. The molecular formula is C9H9ClF3NO2. The Morgan fingerprint density at radius 3 is 2.38 bits per heavy atom. The summed E-state index contributed by atoms with van der Waals surface area (Å²) in [6.07, 6.45) is -5.99. The molecule has 0 aromatic heterocycles. The van der Waals surface area contributed by atoms with E-state index >= 15 is 0 Å². The Labute approximate surface area is 94.3 Å². The van der Waals surface area contributed by atoms with Crippen LogP contribution < -0.4 is 5.73 Å². The van der Waals surface area contributed by atoms with Crippen LogP contribution in [-0.2, 0) is 6.18 Å². The molecule has 1 rings (SSSR count). The van der Waals surface area contributed by atoms with Crippen molar-refractivity contribution in [1.29, 1.82) is 0 Å². The summed E-state index contributed by atoms with van der Waals surface area (Å²) in [5, 5.41) is 18.0. The van der Waals surface area contributed by atoms with E-state index < -0.39 is 28.6 Å². The lowest BCUT2D eigenvalue weighted by Crippen LogP contribution is -2.13. The van der Waals surface area contributed by atoms with Crippen LogP contribution in [0.2, 0.25) is 5.02 Å². The highest BCUT2D eigenvalue weighted by Gasteiger charge is 2.35. The predicted molar refractivity (Wildman–Crippen MR) is 52.1 cm³/mol. The summed E-state index contributed by atoms with van der Waals surface area (Å²) >= 11 is 5.42. The van der Waals surface area contributed by atoms with Crippen LogP contribution in [0.3, 0.4) is 0 Å². The van der Waals surface area contributed by atoms with E-state index in [1.54, 1.807) is 0 Å². The molecule has 1 aromatic carbocycles. The molecule has 0 radical (unpaired) electrons. The number of aliphatic hydroxyl groups excluding tert-OH is 1. The molecule has 0 aliphatic rings. The molecule has 0 bridgehead atoms. The largest absolute Gasteiger partial charge is 0.506 e. The highest BCUT2D eigenvalue weighted by Crippen LogP contribution is 2.41. The highest BCUT2D eigenvalue weighted by atomic mass is 35.5. The molecule has 1 unspecified atom stereocenters. The van der Waals surface area contributed by atoms with Crippen LogP contribution in [0.15, 0.2) is 12.1 Å². The smallest absolute Gasteiger partial charge is 0.420 e. The molecule has 0 aliphatic heterocycles. The summed E-state index contributed by atoms with van der Waals surface area (Å²) in [6.45, 7) is -0.238. The number of aliphatic hydroxyl groups is 1. The third-order valence-electron chi connectivity index (χ3n) is 2.00. The number of benzene rings is 1. The Morgan fingerprint density at radius 1 is 1.38 bits per heavy atom. The molecule has 0 heterocycles. The quantitative estimate of drug-likeness (QED) is 0.758. The molecule has 7 heteroatoms. The number of halogens is 4. The fraction of sp³-hybridized carbons (Fsp3) is 0.333. The van der Waals surface area contributed by atoms with Crippen LogP contribution in [0.4, 0.5) is 13.2 Å². The van der Waals surface area contributed by atoms with Crippen LogP contribution in [0.1, 0.15) is 17.2 Å². The maximum absolute atomic E-state index is 12.4. The van der Waals surface area contributed by atoms with Crippen molar-refractivity contribution in [2.45, 2.75) is 12.3 Å². The monoisotopic (exact) mass is 255 g/mol. The molecule has 4 N–H and O–H groups in total. The zero-order chi connectivity index (χ0) is 12.5. The van der Waals surface area contributed by atoms with E-state index in [0.29, 0.717) is 6.07 Å². The third kappa shape index (κ3) is 2.58. The first-order valence-corrected chi connectivity index (χ1v) is 4.63. The number of rotatable bonds is 2. The summed E-state index contributed by atoms with van der Waals surface area (Å²) in [7, 11) is 0. The summed E-state index contributed by atoms with van der Waals surface area (Å²) in [6, 6.07) is 1.67. The first-order chi connectivity index (χ1) is 7.27. The van der Waals surface area contributed by atoms with Crippen LogP contribution in [0.25, 0.3) is 0 Å². The Balaban J connectivity index is 3.33. The van der Waals surface area contributed by atoms with Crippen molar-refractivity contribution in [3.8, 4) is 5.75 Å². The minimum absolute atomic E-state index is 0.0855. The lowest BCUT2D eigenvalue weighted by Gasteiger charge is -2.14. The molecular weight excluding hydrogens is 247 g/mol. The zero-order valence-electron chi connectivity index (χ0n) is 7.92. The van der Waals surface area contributed by atoms with Crippen LogP contribution in [0.5, 0.6) is 5.75 Å². The second-order valence-corrected chi connectivity index (χ2v) is 3.56. The molecule has 90 valence electrons. The Hall–Kier alpha value is -0.980. The first kappa shape index (κ1) is 13.1. The normalized spacial score (nSPS) is 13.9. The zero-order valence-corrected chi connectivity index (χ0v) is 8.68. The standard InChI is InChI=1S/C9H9ClF3NO2/c10-6-2-4(7(15)3-14)1-5(8(6)16)9(11,12)13/h1-2,7,15-16H,3,14H2. The number of hydrogen-bond donors (Lipinski definition) is 3. The average molecular weight is 256 g/mol. The second-order valence-electron chi connectivity index (χ2n) is 3.15. The fourth-order valence-electron chi connectivity index (χ4n) is 1.16. The van der Waals surface area contributed by atoms with Gasteiger partial charge in [0, 0.05) is 6.54 Å². The number of alkyl halides is 3. The van der Waals surface area contributed by atoms with Gasteiger partial charge in [-0.3, -0.25) is 0 Å². The van der Waals surface area contributed by atoms with E-state index in [1.807, 2.05) is 0 Å². The second kappa shape index (κ2) is 4.48. The molecule has 0 aliphatic carbocycles. The number of phenols is 1. The lowest BCUT2D eigenvalue weighted by molar-refractivity contribution is -0.138. The van der Waals surface area contributed by atoms with Gasteiger partial charge in [-0.2, -0.15) is 13.2 Å². The van der Waals surface area contributed by atoms with Gasteiger partial charge in [0.25, 0.3) is 0 Å². The van der Waals surface area contributed by atoms with Crippen molar-refractivity contribution >= 4 is 11.6 Å². The van der Waals surface area contributed by atoms with E-state index in [0.717, 1.165) is 6.07 Å². The molecule has 0 saturated heterocycles. The lowest BCUT2D eigenvalue weighted by atomic mass is 10.0. The summed E-state index contributed by atoms with van der Waals surface area (Å²) in [5.41, 5.74) is 3.74. The van der Waals surface area contributed by atoms with Gasteiger partial charge in [-0.05, 0) is 17.7 Å². The molecule has 16 heavy (non-hydrogen) atoms. The van der Waals surface area contributed by atoms with Gasteiger partial charge in [0.05, 0.1) is 16.7 Å². The minimum Gasteiger partial charge on any atom is -0.506 e. The van der Waals surface area contributed by atoms with Crippen LogP contribution in [-0.4, -0.2) is 16.8 Å². The maximum Gasteiger partial charge on any atom is 0.420 e. The Morgan fingerprint density at radius 2 is 1.94 bits per heavy atom. The van der Waals surface area contributed by atoms with Gasteiger partial charge in [0.15, 0.2) is 0 Å². The predicted octanol–water partition coefficient (Wildman–Crippen LogP) is 2.06. The van der Waals surface area contributed by atoms with Gasteiger partial charge >= 0.3 is 6.18 Å². The van der Waals surface area contributed by atoms with Crippen molar-refractivity contribution in [1.82, 2.24) is 0 Å². The van der Waals surface area contributed by atoms with Crippen molar-refractivity contribution in [3.05, 3.63) is 28.3 Å². The topological polar surface area (TPSA) is 66.5 Å². The van der Waals surface area contributed by atoms with Gasteiger partial charge in [-0.15, -0.1) is 0 Å².